The number of carbonyl (C=O) groups excluding carboxylic acids is 2. The maximum atomic E-state index is 12.4. The van der Waals surface area contributed by atoms with Crippen molar-refractivity contribution < 1.29 is 9.59 Å². The Kier molecular flexibility index (Phi) is 5.61. The third kappa shape index (κ3) is 4.79. The average Bonchev–Trinajstić information content (AvgIpc) is 2.69. The van der Waals surface area contributed by atoms with Crippen LogP contribution in [0.5, 0.6) is 0 Å². The molecule has 2 N–H and O–H groups in total. The molecule has 0 unspecified atom stereocenters. The average molecular weight is 359 g/mol. The molecule has 3 aromatic rings. The number of benzene rings is 2. The summed E-state index contributed by atoms with van der Waals surface area (Å²) in [5.74, 6) is -0.374. The highest BCUT2D eigenvalue weighted by Gasteiger charge is 2.09. The van der Waals surface area contributed by atoms with Gasteiger partial charge in [-0.1, -0.05) is 31.2 Å². The lowest BCUT2D eigenvalue weighted by molar-refractivity contribution is 0.100. The van der Waals surface area contributed by atoms with Crippen molar-refractivity contribution in [3.8, 4) is 0 Å². The third-order valence-corrected chi connectivity index (χ3v) is 4.17. The number of ketones is 1. The molecule has 1 aromatic heterocycles. The molecular weight excluding hydrogens is 338 g/mol. The Bertz CT molecular complexity index is 948. The van der Waals surface area contributed by atoms with E-state index in [4.69, 9.17) is 0 Å². The molecule has 5 heteroatoms. The van der Waals surface area contributed by atoms with Crippen LogP contribution in [-0.2, 0) is 6.42 Å². The molecule has 27 heavy (non-hydrogen) atoms. The maximum Gasteiger partial charge on any atom is 0.274 e. The second-order valence-corrected chi connectivity index (χ2v) is 6.20. The minimum atomic E-state index is -0.324. The summed E-state index contributed by atoms with van der Waals surface area (Å²) >= 11 is 0. The Labute approximate surface area is 158 Å². The summed E-state index contributed by atoms with van der Waals surface area (Å²) < 4.78 is 0. The lowest BCUT2D eigenvalue weighted by atomic mass is 10.1. The molecule has 1 amide bonds. The Morgan fingerprint density at radius 2 is 1.67 bits per heavy atom. The number of rotatable bonds is 6. The minimum Gasteiger partial charge on any atom is -0.354 e. The highest BCUT2D eigenvalue weighted by Crippen LogP contribution is 2.18. The van der Waals surface area contributed by atoms with Crippen LogP contribution in [0.4, 0.5) is 17.1 Å². The molecular formula is C22H21N3O2. The summed E-state index contributed by atoms with van der Waals surface area (Å²) in [6, 6.07) is 18.5. The van der Waals surface area contributed by atoms with Gasteiger partial charge in [-0.2, -0.15) is 0 Å². The molecule has 0 atom stereocenters. The number of pyridine rings is 1. The molecule has 1 heterocycles. The van der Waals surface area contributed by atoms with Crippen molar-refractivity contribution in [2.75, 3.05) is 10.6 Å². The van der Waals surface area contributed by atoms with E-state index in [1.807, 2.05) is 18.2 Å². The van der Waals surface area contributed by atoms with Gasteiger partial charge in [-0.25, -0.2) is 4.98 Å². The van der Waals surface area contributed by atoms with Crippen LogP contribution in [0.15, 0.2) is 66.9 Å². The van der Waals surface area contributed by atoms with Crippen LogP contribution in [-0.4, -0.2) is 16.7 Å². The molecule has 0 spiro atoms. The number of aromatic nitrogens is 1. The summed E-state index contributed by atoms with van der Waals surface area (Å²) in [4.78, 5) is 28.0. The number of aryl methyl sites for hydroxylation is 1. The van der Waals surface area contributed by atoms with Crippen LogP contribution in [0.25, 0.3) is 0 Å². The van der Waals surface area contributed by atoms with Gasteiger partial charge in [0.15, 0.2) is 5.78 Å². The Balaban J connectivity index is 1.66. The highest BCUT2D eigenvalue weighted by molar-refractivity contribution is 6.04. The van der Waals surface area contributed by atoms with E-state index in [2.05, 4.69) is 34.7 Å². The summed E-state index contributed by atoms with van der Waals surface area (Å²) in [6.07, 6.45) is 2.62. The fourth-order valence-corrected chi connectivity index (χ4v) is 2.60. The molecule has 0 saturated heterocycles. The topological polar surface area (TPSA) is 71.1 Å². The van der Waals surface area contributed by atoms with Crippen molar-refractivity contribution in [2.24, 2.45) is 0 Å². The van der Waals surface area contributed by atoms with E-state index in [1.165, 1.54) is 12.5 Å². The molecule has 0 radical (unpaired) electrons. The largest absolute Gasteiger partial charge is 0.354 e. The normalized spacial score (nSPS) is 10.3. The van der Waals surface area contributed by atoms with E-state index < -0.39 is 0 Å². The van der Waals surface area contributed by atoms with Crippen molar-refractivity contribution in [1.82, 2.24) is 4.98 Å². The van der Waals surface area contributed by atoms with Crippen LogP contribution in [0.3, 0.4) is 0 Å². The smallest absolute Gasteiger partial charge is 0.274 e. The van der Waals surface area contributed by atoms with Crippen LogP contribution in [0.2, 0.25) is 0 Å². The minimum absolute atomic E-state index is 0.0494. The molecule has 0 bridgehead atoms. The Morgan fingerprint density at radius 1 is 0.926 bits per heavy atom. The zero-order valence-corrected chi connectivity index (χ0v) is 15.3. The van der Waals surface area contributed by atoms with Crippen LogP contribution < -0.4 is 10.6 Å². The first-order valence-electron chi connectivity index (χ1n) is 8.79. The molecule has 136 valence electrons. The molecule has 0 aliphatic heterocycles. The van der Waals surface area contributed by atoms with E-state index >= 15 is 0 Å². The second-order valence-electron chi connectivity index (χ2n) is 6.20. The second kappa shape index (κ2) is 8.27. The van der Waals surface area contributed by atoms with E-state index in [9.17, 15) is 9.59 Å². The molecule has 3 rings (SSSR count). The fraction of sp³-hybridized carbons (Fsp3) is 0.136. The summed E-state index contributed by atoms with van der Waals surface area (Å²) in [5.41, 5.74) is 4.46. The van der Waals surface area contributed by atoms with Crippen molar-refractivity contribution in [3.63, 3.8) is 0 Å². The highest BCUT2D eigenvalue weighted by atomic mass is 16.2. The first-order chi connectivity index (χ1) is 13.0. The number of nitrogens with one attached hydrogen (secondary N) is 2. The quantitative estimate of drug-likeness (QED) is 0.618. The lowest BCUT2D eigenvalue weighted by Crippen LogP contribution is -2.14. The molecule has 5 nitrogen and oxygen atoms in total. The van der Waals surface area contributed by atoms with Crippen molar-refractivity contribution in [3.05, 3.63) is 83.7 Å². The first kappa shape index (κ1) is 18.3. The van der Waals surface area contributed by atoms with E-state index in [1.54, 1.807) is 36.5 Å². The number of hydrogen-bond donors (Lipinski definition) is 2. The molecule has 0 aliphatic rings. The van der Waals surface area contributed by atoms with Gasteiger partial charge >= 0.3 is 0 Å². The van der Waals surface area contributed by atoms with E-state index in [0.29, 0.717) is 16.9 Å². The van der Waals surface area contributed by atoms with Gasteiger partial charge in [0.1, 0.15) is 5.69 Å². The molecule has 0 aliphatic carbocycles. The summed E-state index contributed by atoms with van der Waals surface area (Å²) in [6.45, 7) is 3.61. The van der Waals surface area contributed by atoms with Gasteiger partial charge in [-0.3, -0.25) is 9.59 Å². The third-order valence-electron chi connectivity index (χ3n) is 4.17. The van der Waals surface area contributed by atoms with Gasteiger partial charge in [0.05, 0.1) is 11.9 Å². The predicted octanol–water partition coefficient (Wildman–Crippen LogP) is 4.84. The molecule has 0 saturated carbocycles. The lowest BCUT2D eigenvalue weighted by Gasteiger charge is -2.09. The SMILES string of the molecule is CCc1ccc(Nc2ccc(C(=O)Nc3cccc(C(C)=O)c3)nc2)cc1. The van der Waals surface area contributed by atoms with Crippen LogP contribution >= 0.6 is 0 Å². The van der Waals surface area contributed by atoms with Crippen molar-refractivity contribution in [1.29, 1.82) is 0 Å². The Morgan fingerprint density at radius 3 is 2.30 bits per heavy atom. The Hall–Kier alpha value is -3.47. The van der Waals surface area contributed by atoms with Gasteiger partial charge in [0.2, 0.25) is 0 Å². The number of hydrogen-bond acceptors (Lipinski definition) is 4. The van der Waals surface area contributed by atoms with E-state index in [-0.39, 0.29) is 11.7 Å². The van der Waals surface area contributed by atoms with Crippen molar-refractivity contribution >= 4 is 28.8 Å². The fourth-order valence-electron chi connectivity index (χ4n) is 2.60. The number of Topliss-reactive ketones (excluding diaryl/α,β-unsaturated/α-hetero) is 1. The van der Waals surface area contributed by atoms with Gasteiger partial charge in [-0.15, -0.1) is 0 Å². The predicted molar refractivity (Wildman–Crippen MR) is 108 cm³/mol. The molecule has 2 aromatic carbocycles. The molecule has 0 fully saturated rings. The van der Waals surface area contributed by atoms with E-state index in [0.717, 1.165) is 17.8 Å². The number of nitrogens with zero attached hydrogens (tertiary/aromatic N) is 1. The van der Waals surface area contributed by atoms with Crippen LogP contribution in [0, 0.1) is 0 Å². The monoisotopic (exact) mass is 359 g/mol. The zero-order chi connectivity index (χ0) is 19.2. The van der Waals surface area contributed by atoms with Gasteiger partial charge in [-0.05, 0) is 55.3 Å². The number of anilines is 3. The van der Waals surface area contributed by atoms with Gasteiger partial charge in [0, 0.05) is 16.9 Å². The summed E-state index contributed by atoms with van der Waals surface area (Å²) in [5, 5.41) is 6.02. The number of amides is 1. The van der Waals surface area contributed by atoms with Gasteiger partial charge < -0.3 is 10.6 Å². The van der Waals surface area contributed by atoms with Crippen LogP contribution in [0.1, 0.15) is 40.3 Å². The standard InChI is InChI=1S/C22H21N3O2/c1-3-16-7-9-18(10-8-16)24-20-11-12-21(23-14-20)22(27)25-19-6-4-5-17(13-19)15(2)26/h4-14,24H,3H2,1-2H3,(H,25,27). The van der Waals surface area contributed by atoms with Gasteiger partial charge in [0.25, 0.3) is 5.91 Å². The summed E-state index contributed by atoms with van der Waals surface area (Å²) in [7, 11) is 0. The number of carbonyl (C=O) groups is 2. The van der Waals surface area contributed by atoms with Crippen molar-refractivity contribution in [2.45, 2.75) is 20.3 Å². The zero-order valence-electron chi connectivity index (χ0n) is 15.3. The maximum absolute atomic E-state index is 12.4. The first-order valence-corrected chi connectivity index (χ1v) is 8.79.